The number of hydrogen-bond donors (Lipinski definition) is 2. The Hall–Kier alpha value is -2.89. The Morgan fingerprint density at radius 2 is 1.67 bits per heavy atom. The zero-order chi connectivity index (χ0) is 17.7. The van der Waals surface area contributed by atoms with Crippen molar-refractivity contribution in [3.05, 3.63) is 53.7 Å². The lowest BCUT2D eigenvalue weighted by molar-refractivity contribution is 0.0636. The van der Waals surface area contributed by atoms with E-state index in [1.165, 1.54) is 0 Å². The molecule has 0 unspecified atom stereocenters. The van der Waals surface area contributed by atoms with Gasteiger partial charge in [-0.3, -0.25) is 10.1 Å². The fourth-order valence-electron chi connectivity index (χ4n) is 1.86. The van der Waals surface area contributed by atoms with Crippen LogP contribution in [0.3, 0.4) is 0 Å². The van der Waals surface area contributed by atoms with E-state index >= 15 is 0 Å². The predicted molar refractivity (Wildman–Crippen MR) is 93.2 cm³/mol. The molecule has 0 saturated carbocycles. The summed E-state index contributed by atoms with van der Waals surface area (Å²) in [4.78, 5) is 28.0. The lowest BCUT2D eigenvalue weighted by Gasteiger charge is -2.19. The van der Waals surface area contributed by atoms with Crippen molar-refractivity contribution in [3.8, 4) is 0 Å². The molecule has 2 amide bonds. The Bertz CT molecular complexity index is 717. The van der Waals surface area contributed by atoms with E-state index in [4.69, 9.17) is 4.74 Å². The van der Waals surface area contributed by atoms with Crippen molar-refractivity contribution in [2.45, 2.75) is 33.3 Å². The van der Waals surface area contributed by atoms with E-state index in [0.29, 0.717) is 17.1 Å². The fraction of sp³-hybridized carbons (Fsp3) is 0.278. The first-order valence-corrected chi connectivity index (χ1v) is 7.57. The number of benzene rings is 1. The monoisotopic (exact) mass is 327 g/mol. The quantitative estimate of drug-likeness (QED) is 0.893. The van der Waals surface area contributed by atoms with Gasteiger partial charge in [0.05, 0.1) is 0 Å². The number of aromatic nitrogens is 1. The molecule has 2 aromatic rings. The number of carbonyl (C=O) groups excluding carboxylic acids is 2. The first-order chi connectivity index (χ1) is 11.2. The van der Waals surface area contributed by atoms with Crippen LogP contribution in [0.25, 0.3) is 0 Å². The van der Waals surface area contributed by atoms with Gasteiger partial charge in [0, 0.05) is 17.4 Å². The van der Waals surface area contributed by atoms with Crippen LogP contribution in [0, 0.1) is 6.92 Å². The summed E-state index contributed by atoms with van der Waals surface area (Å²) in [5.41, 5.74) is 1.47. The van der Waals surface area contributed by atoms with Gasteiger partial charge >= 0.3 is 6.09 Å². The highest BCUT2D eigenvalue weighted by molar-refractivity contribution is 6.04. The van der Waals surface area contributed by atoms with E-state index in [-0.39, 0.29) is 5.91 Å². The largest absolute Gasteiger partial charge is 0.444 e. The summed E-state index contributed by atoms with van der Waals surface area (Å²) >= 11 is 0. The van der Waals surface area contributed by atoms with Crippen LogP contribution in [0.4, 0.5) is 16.3 Å². The third-order valence-corrected chi connectivity index (χ3v) is 2.95. The Balaban J connectivity index is 1.97. The molecule has 0 aliphatic heterocycles. The van der Waals surface area contributed by atoms with Gasteiger partial charge in [-0.05, 0) is 63.6 Å². The van der Waals surface area contributed by atoms with E-state index in [2.05, 4.69) is 15.6 Å². The highest BCUT2D eigenvalue weighted by Crippen LogP contribution is 2.14. The van der Waals surface area contributed by atoms with Gasteiger partial charge in [0.15, 0.2) is 0 Å². The van der Waals surface area contributed by atoms with Crippen LogP contribution in [0.2, 0.25) is 0 Å². The molecule has 1 aromatic heterocycles. The molecule has 0 fully saturated rings. The molecule has 0 bridgehead atoms. The van der Waals surface area contributed by atoms with Crippen LogP contribution in [0.5, 0.6) is 0 Å². The van der Waals surface area contributed by atoms with Crippen LogP contribution >= 0.6 is 0 Å². The second-order valence-corrected chi connectivity index (χ2v) is 6.38. The molecule has 6 heteroatoms. The molecule has 0 aliphatic rings. The van der Waals surface area contributed by atoms with Crippen LogP contribution in [-0.4, -0.2) is 22.6 Å². The van der Waals surface area contributed by atoms with E-state index in [1.807, 2.05) is 13.0 Å². The van der Waals surface area contributed by atoms with Crippen molar-refractivity contribution in [3.63, 3.8) is 0 Å². The zero-order valence-electron chi connectivity index (χ0n) is 14.2. The highest BCUT2D eigenvalue weighted by atomic mass is 16.6. The third kappa shape index (κ3) is 5.39. The summed E-state index contributed by atoms with van der Waals surface area (Å²) < 4.78 is 5.17. The molecule has 2 rings (SSSR count). The second kappa shape index (κ2) is 7.12. The molecule has 2 N–H and O–H groups in total. The molecule has 0 radical (unpaired) electrons. The lowest BCUT2D eigenvalue weighted by Crippen LogP contribution is -2.27. The zero-order valence-corrected chi connectivity index (χ0v) is 14.2. The second-order valence-electron chi connectivity index (χ2n) is 6.38. The number of nitrogens with one attached hydrogen (secondary N) is 2. The van der Waals surface area contributed by atoms with Gasteiger partial charge < -0.3 is 10.1 Å². The van der Waals surface area contributed by atoms with Crippen molar-refractivity contribution in [1.29, 1.82) is 0 Å². The average molecular weight is 327 g/mol. The smallest absolute Gasteiger partial charge is 0.412 e. The first kappa shape index (κ1) is 17.5. The van der Waals surface area contributed by atoms with E-state index in [1.54, 1.807) is 57.3 Å². The van der Waals surface area contributed by atoms with Crippen molar-refractivity contribution in [2.75, 3.05) is 10.6 Å². The Kier molecular flexibility index (Phi) is 5.18. The Labute approximate surface area is 141 Å². The maximum Gasteiger partial charge on any atom is 0.412 e. The maximum absolute atomic E-state index is 12.2. The van der Waals surface area contributed by atoms with Crippen molar-refractivity contribution in [1.82, 2.24) is 4.98 Å². The average Bonchev–Trinajstić information content (AvgIpc) is 2.48. The van der Waals surface area contributed by atoms with Crippen molar-refractivity contribution in [2.24, 2.45) is 0 Å². The number of hydrogen-bond acceptors (Lipinski definition) is 4. The number of aryl methyl sites for hydroxylation is 1. The minimum absolute atomic E-state index is 0.268. The van der Waals surface area contributed by atoms with E-state index < -0.39 is 11.7 Å². The summed E-state index contributed by atoms with van der Waals surface area (Å²) in [6.45, 7) is 7.30. The molecule has 1 heterocycles. The molecule has 0 aliphatic carbocycles. The number of ether oxygens (including phenoxy) is 1. The molecule has 126 valence electrons. The molecule has 0 spiro atoms. The van der Waals surface area contributed by atoms with Gasteiger partial charge in [0.25, 0.3) is 5.91 Å². The Morgan fingerprint density at radius 1 is 1.00 bits per heavy atom. The third-order valence-electron chi connectivity index (χ3n) is 2.95. The molecular weight excluding hydrogens is 306 g/mol. The number of amides is 2. The summed E-state index contributed by atoms with van der Waals surface area (Å²) in [6.07, 6.45) is 1.15. The molecule has 1 aromatic carbocycles. The molecule has 0 atom stereocenters. The number of nitrogens with zero attached hydrogens (tertiary/aromatic N) is 1. The number of pyridine rings is 1. The fourth-order valence-corrected chi connectivity index (χ4v) is 1.86. The lowest BCUT2D eigenvalue weighted by atomic mass is 10.2. The van der Waals surface area contributed by atoms with Gasteiger partial charge in [-0.15, -0.1) is 0 Å². The Morgan fingerprint density at radius 3 is 2.21 bits per heavy atom. The molecule has 24 heavy (non-hydrogen) atoms. The standard InChI is InChI=1S/C18H21N3O3/c1-12-5-10-15(19-11-12)21-16(22)13-6-8-14(9-7-13)20-17(23)24-18(2,3)4/h5-11H,1-4H3,(H,20,23)(H,19,21,22). The summed E-state index contributed by atoms with van der Waals surface area (Å²) in [7, 11) is 0. The molecule has 6 nitrogen and oxygen atoms in total. The normalized spacial score (nSPS) is 10.8. The van der Waals surface area contributed by atoms with Crippen molar-refractivity contribution >= 4 is 23.5 Å². The van der Waals surface area contributed by atoms with Crippen LogP contribution in [-0.2, 0) is 4.74 Å². The van der Waals surface area contributed by atoms with Gasteiger partial charge in [0.2, 0.25) is 0 Å². The highest BCUT2D eigenvalue weighted by Gasteiger charge is 2.16. The molecular formula is C18H21N3O3. The summed E-state index contributed by atoms with van der Waals surface area (Å²) in [5.74, 6) is 0.219. The van der Waals surface area contributed by atoms with Gasteiger partial charge in [-0.2, -0.15) is 0 Å². The van der Waals surface area contributed by atoms with Gasteiger partial charge in [0.1, 0.15) is 11.4 Å². The SMILES string of the molecule is Cc1ccc(NC(=O)c2ccc(NC(=O)OC(C)(C)C)cc2)nc1. The number of carbonyl (C=O) groups is 2. The minimum atomic E-state index is -0.565. The molecule has 0 saturated heterocycles. The van der Waals surface area contributed by atoms with Gasteiger partial charge in [-0.25, -0.2) is 9.78 Å². The number of rotatable bonds is 3. The van der Waals surface area contributed by atoms with E-state index in [0.717, 1.165) is 5.56 Å². The minimum Gasteiger partial charge on any atom is -0.444 e. The van der Waals surface area contributed by atoms with Gasteiger partial charge in [-0.1, -0.05) is 6.07 Å². The number of anilines is 2. The van der Waals surface area contributed by atoms with Crippen LogP contribution in [0.1, 0.15) is 36.7 Å². The van der Waals surface area contributed by atoms with Crippen LogP contribution in [0.15, 0.2) is 42.6 Å². The van der Waals surface area contributed by atoms with Crippen LogP contribution < -0.4 is 10.6 Å². The summed E-state index contributed by atoms with van der Waals surface area (Å²) in [5, 5.41) is 5.33. The van der Waals surface area contributed by atoms with Crippen molar-refractivity contribution < 1.29 is 14.3 Å². The summed E-state index contributed by atoms with van der Waals surface area (Å²) in [6, 6.07) is 10.1. The van der Waals surface area contributed by atoms with E-state index in [9.17, 15) is 9.59 Å². The topological polar surface area (TPSA) is 80.3 Å². The first-order valence-electron chi connectivity index (χ1n) is 7.57. The maximum atomic E-state index is 12.2. The predicted octanol–water partition coefficient (Wildman–Crippen LogP) is 3.99.